The van der Waals surface area contributed by atoms with Crippen molar-refractivity contribution in [2.45, 2.75) is 20.3 Å². The number of aliphatic imine (C=N–C) groups is 1. The fourth-order valence-corrected chi connectivity index (χ4v) is 0.987. The van der Waals surface area contributed by atoms with Gasteiger partial charge >= 0.3 is 0 Å². The lowest BCUT2D eigenvalue weighted by molar-refractivity contribution is 0.415. The molecule has 0 saturated carbocycles. The number of ether oxygens (including phenoxy) is 1. The van der Waals surface area contributed by atoms with Gasteiger partial charge < -0.3 is 4.74 Å². The van der Waals surface area contributed by atoms with Crippen LogP contribution in [0.5, 0.6) is 5.75 Å². The Kier molecular flexibility index (Phi) is 4.17. The van der Waals surface area contributed by atoms with E-state index in [1.165, 1.54) is 0 Å². The van der Waals surface area contributed by atoms with Crippen molar-refractivity contribution >= 4 is 11.9 Å². The van der Waals surface area contributed by atoms with Gasteiger partial charge in [0.2, 0.25) is 0 Å². The van der Waals surface area contributed by atoms with Crippen LogP contribution in [-0.4, -0.2) is 13.3 Å². The Bertz CT molecular complexity index is 290. The van der Waals surface area contributed by atoms with Crippen LogP contribution in [0.1, 0.15) is 20.3 Å². The Balaban J connectivity index is 2.64. The lowest BCUT2D eigenvalue weighted by atomic mass is 10.1. The fourth-order valence-electron chi connectivity index (χ4n) is 0.987. The van der Waals surface area contributed by atoms with E-state index < -0.39 is 0 Å². The van der Waals surface area contributed by atoms with Crippen LogP contribution >= 0.6 is 0 Å². The summed E-state index contributed by atoms with van der Waals surface area (Å²) in [6.45, 7) is 4.32. The Morgan fingerprint density at radius 1 is 1.36 bits per heavy atom. The minimum Gasteiger partial charge on any atom is -0.497 e. The van der Waals surface area contributed by atoms with E-state index in [9.17, 15) is 0 Å². The number of hydrogen-bond donors (Lipinski definition) is 0. The molecule has 0 radical (unpaired) electrons. The number of benzene rings is 1. The van der Waals surface area contributed by atoms with Crippen molar-refractivity contribution in [1.82, 2.24) is 0 Å². The van der Waals surface area contributed by atoms with Crippen LogP contribution in [-0.2, 0) is 0 Å². The van der Waals surface area contributed by atoms with E-state index in [-0.39, 0.29) is 0 Å². The van der Waals surface area contributed by atoms with E-state index in [0.29, 0.717) is 5.92 Å². The molecule has 0 aliphatic heterocycles. The molecular formula is C12H17NO. The fraction of sp³-hybridized carbons (Fsp3) is 0.417. The third-order valence-corrected chi connectivity index (χ3v) is 2.19. The highest BCUT2D eigenvalue weighted by Crippen LogP contribution is 2.17. The normalized spacial score (nSPS) is 13.1. The molecule has 0 fully saturated rings. The first kappa shape index (κ1) is 10.8. The van der Waals surface area contributed by atoms with E-state index in [0.717, 1.165) is 17.9 Å². The molecule has 2 heteroatoms. The number of nitrogens with zero attached hydrogens (tertiary/aromatic N) is 1. The van der Waals surface area contributed by atoms with Crippen LogP contribution in [0.3, 0.4) is 0 Å². The van der Waals surface area contributed by atoms with E-state index in [1.807, 2.05) is 30.5 Å². The average Bonchev–Trinajstić information content (AvgIpc) is 2.26. The minimum atomic E-state index is 0.539. The van der Waals surface area contributed by atoms with Crippen molar-refractivity contribution in [3.63, 3.8) is 0 Å². The first-order valence-corrected chi connectivity index (χ1v) is 4.94. The van der Waals surface area contributed by atoms with Crippen LogP contribution in [0, 0.1) is 5.92 Å². The highest BCUT2D eigenvalue weighted by Gasteiger charge is 1.93. The van der Waals surface area contributed by atoms with Crippen LogP contribution in [0.2, 0.25) is 0 Å². The summed E-state index contributed by atoms with van der Waals surface area (Å²) in [6.07, 6.45) is 3.11. The number of rotatable bonds is 4. The molecule has 0 spiro atoms. The van der Waals surface area contributed by atoms with E-state index in [4.69, 9.17) is 4.74 Å². The Morgan fingerprint density at radius 3 is 2.50 bits per heavy atom. The summed E-state index contributed by atoms with van der Waals surface area (Å²) in [7, 11) is 1.66. The van der Waals surface area contributed by atoms with Crippen LogP contribution in [0.25, 0.3) is 0 Å². The van der Waals surface area contributed by atoms with Gasteiger partial charge in [0, 0.05) is 6.21 Å². The second kappa shape index (κ2) is 5.43. The second-order valence-electron chi connectivity index (χ2n) is 3.36. The average molecular weight is 191 g/mol. The standard InChI is InChI=1S/C12H17NO/c1-4-10(2)9-13-11-5-7-12(14-3)8-6-11/h5-10H,4H2,1-3H3/t10-/m0/s1. The number of methoxy groups -OCH3 is 1. The molecule has 1 aromatic rings. The largest absolute Gasteiger partial charge is 0.497 e. The van der Waals surface area contributed by atoms with Gasteiger partial charge in [-0.25, -0.2) is 0 Å². The van der Waals surface area contributed by atoms with Gasteiger partial charge in [0.15, 0.2) is 0 Å². The van der Waals surface area contributed by atoms with E-state index in [2.05, 4.69) is 18.8 Å². The summed E-state index contributed by atoms with van der Waals surface area (Å²) >= 11 is 0. The molecule has 1 atom stereocenters. The molecule has 0 unspecified atom stereocenters. The monoisotopic (exact) mass is 191 g/mol. The SMILES string of the molecule is CC[C@H](C)C=Nc1ccc(OC)cc1. The van der Waals surface area contributed by atoms with Gasteiger partial charge in [0.05, 0.1) is 12.8 Å². The maximum absolute atomic E-state index is 5.06. The predicted molar refractivity (Wildman–Crippen MR) is 60.6 cm³/mol. The van der Waals surface area contributed by atoms with E-state index in [1.54, 1.807) is 7.11 Å². The smallest absolute Gasteiger partial charge is 0.119 e. The molecule has 0 aliphatic rings. The van der Waals surface area contributed by atoms with Gasteiger partial charge in [-0.15, -0.1) is 0 Å². The Labute approximate surface area is 85.6 Å². The van der Waals surface area contributed by atoms with Gasteiger partial charge in [-0.1, -0.05) is 13.8 Å². The first-order chi connectivity index (χ1) is 6.76. The first-order valence-electron chi connectivity index (χ1n) is 4.94. The summed E-state index contributed by atoms with van der Waals surface area (Å²) in [5.41, 5.74) is 0.978. The van der Waals surface area contributed by atoms with E-state index >= 15 is 0 Å². The molecule has 0 N–H and O–H groups in total. The summed E-state index contributed by atoms with van der Waals surface area (Å²) in [5, 5.41) is 0. The zero-order chi connectivity index (χ0) is 10.4. The van der Waals surface area contributed by atoms with Crippen molar-refractivity contribution in [3.05, 3.63) is 24.3 Å². The third-order valence-electron chi connectivity index (χ3n) is 2.19. The zero-order valence-electron chi connectivity index (χ0n) is 9.03. The lowest BCUT2D eigenvalue weighted by Gasteiger charge is -2.00. The van der Waals surface area contributed by atoms with Crippen LogP contribution in [0.4, 0.5) is 5.69 Å². The van der Waals surface area contributed by atoms with Gasteiger partial charge in [0.25, 0.3) is 0 Å². The molecule has 1 aromatic carbocycles. The summed E-state index contributed by atoms with van der Waals surface area (Å²) in [5.74, 6) is 1.41. The highest BCUT2D eigenvalue weighted by molar-refractivity contribution is 5.65. The molecule has 0 aromatic heterocycles. The summed E-state index contributed by atoms with van der Waals surface area (Å²) in [6, 6.07) is 7.75. The molecule has 0 aliphatic carbocycles. The van der Waals surface area contributed by atoms with Crippen LogP contribution < -0.4 is 4.74 Å². The van der Waals surface area contributed by atoms with Crippen molar-refractivity contribution in [1.29, 1.82) is 0 Å². The molecule has 1 rings (SSSR count). The molecule has 0 bridgehead atoms. The molecule has 76 valence electrons. The molecule has 0 amide bonds. The molecule has 0 saturated heterocycles. The molecule has 14 heavy (non-hydrogen) atoms. The van der Waals surface area contributed by atoms with Crippen molar-refractivity contribution < 1.29 is 4.74 Å². The number of hydrogen-bond acceptors (Lipinski definition) is 2. The molecule has 2 nitrogen and oxygen atoms in total. The minimum absolute atomic E-state index is 0.539. The lowest BCUT2D eigenvalue weighted by Crippen LogP contribution is -1.91. The summed E-state index contributed by atoms with van der Waals surface area (Å²) in [4.78, 5) is 4.37. The Morgan fingerprint density at radius 2 is 2.00 bits per heavy atom. The molecule has 0 heterocycles. The topological polar surface area (TPSA) is 21.6 Å². The van der Waals surface area contributed by atoms with Crippen LogP contribution in [0.15, 0.2) is 29.3 Å². The maximum Gasteiger partial charge on any atom is 0.119 e. The highest BCUT2D eigenvalue weighted by atomic mass is 16.5. The zero-order valence-corrected chi connectivity index (χ0v) is 9.03. The van der Waals surface area contributed by atoms with Crippen molar-refractivity contribution in [3.8, 4) is 5.75 Å². The predicted octanol–water partition coefficient (Wildman–Crippen LogP) is 3.44. The van der Waals surface area contributed by atoms with Crippen molar-refractivity contribution in [2.24, 2.45) is 10.9 Å². The van der Waals surface area contributed by atoms with Gasteiger partial charge in [0.1, 0.15) is 5.75 Å². The van der Waals surface area contributed by atoms with Gasteiger partial charge in [-0.3, -0.25) is 4.99 Å². The quantitative estimate of drug-likeness (QED) is 0.668. The second-order valence-corrected chi connectivity index (χ2v) is 3.36. The van der Waals surface area contributed by atoms with Gasteiger partial charge in [-0.05, 0) is 36.6 Å². The maximum atomic E-state index is 5.06. The molecular weight excluding hydrogens is 174 g/mol. The summed E-state index contributed by atoms with van der Waals surface area (Å²) < 4.78 is 5.06. The Hall–Kier alpha value is -1.31. The van der Waals surface area contributed by atoms with Gasteiger partial charge in [-0.2, -0.15) is 0 Å². The van der Waals surface area contributed by atoms with Crippen molar-refractivity contribution in [2.75, 3.05) is 7.11 Å². The third kappa shape index (κ3) is 3.21.